The fourth-order valence-corrected chi connectivity index (χ4v) is 7.11. The summed E-state index contributed by atoms with van der Waals surface area (Å²) >= 11 is 0. The summed E-state index contributed by atoms with van der Waals surface area (Å²) in [6.45, 7) is 6.98. The van der Waals surface area contributed by atoms with Gasteiger partial charge in [-0.2, -0.15) is 0 Å². The van der Waals surface area contributed by atoms with Gasteiger partial charge in [-0.05, 0) is 93.1 Å². The first-order valence-electron chi connectivity index (χ1n) is 15.0. The van der Waals surface area contributed by atoms with E-state index < -0.39 is 34.3 Å². The quantitative estimate of drug-likeness (QED) is 0.281. The molecule has 0 aliphatic heterocycles. The van der Waals surface area contributed by atoms with Crippen LogP contribution in [0.4, 0.5) is 10.1 Å². The van der Waals surface area contributed by atoms with Crippen LogP contribution >= 0.6 is 0 Å². The van der Waals surface area contributed by atoms with E-state index in [4.69, 9.17) is 0 Å². The molecule has 3 aromatic rings. The second kappa shape index (κ2) is 14.2. The van der Waals surface area contributed by atoms with Crippen molar-refractivity contribution in [3.63, 3.8) is 0 Å². The molecule has 0 bridgehead atoms. The van der Waals surface area contributed by atoms with Crippen LogP contribution in [0.3, 0.4) is 0 Å². The number of hydrogen-bond acceptors (Lipinski definition) is 4. The Hall–Kier alpha value is -3.72. The van der Waals surface area contributed by atoms with Crippen LogP contribution in [0.25, 0.3) is 0 Å². The molecule has 0 radical (unpaired) electrons. The van der Waals surface area contributed by atoms with E-state index in [-0.39, 0.29) is 23.4 Å². The molecule has 1 atom stereocenters. The molecule has 0 unspecified atom stereocenters. The van der Waals surface area contributed by atoms with Crippen LogP contribution in [0.1, 0.15) is 67.7 Å². The Morgan fingerprint density at radius 3 is 2.07 bits per heavy atom. The Labute approximate surface area is 255 Å². The first kappa shape index (κ1) is 32.2. The molecule has 0 saturated heterocycles. The predicted octanol–water partition coefficient (Wildman–Crippen LogP) is 6.20. The number of nitrogens with zero attached hydrogens (tertiary/aromatic N) is 2. The van der Waals surface area contributed by atoms with E-state index in [9.17, 15) is 22.4 Å². The summed E-state index contributed by atoms with van der Waals surface area (Å²) < 4.78 is 43.0. The van der Waals surface area contributed by atoms with E-state index in [1.807, 2.05) is 33.8 Å². The maximum absolute atomic E-state index is 14.3. The zero-order chi connectivity index (χ0) is 31.1. The number of anilines is 1. The van der Waals surface area contributed by atoms with Crippen molar-refractivity contribution in [1.29, 1.82) is 0 Å². The highest BCUT2D eigenvalue weighted by Gasteiger charge is 2.34. The minimum atomic E-state index is -4.15. The molecular formula is C34H42FN3O4S. The summed E-state index contributed by atoms with van der Waals surface area (Å²) in [6.07, 6.45) is 5.35. The number of carbonyl (C=O) groups is 2. The third-order valence-corrected chi connectivity index (χ3v) is 9.77. The van der Waals surface area contributed by atoms with Gasteiger partial charge < -0.3 is 10.2 Å². The maximum Gasteiger partial charge on any atom is 0.264 e. The summed E-state index contributed by atoms with van der Waals surface area (Å²) in [5.74, 6) is -1.19. The molecule has 1 fully saturated rings. The summed E-state index contributed by atoms with van der Waals surface area (Å²) in [7, 11) is -4.15. The average Bonchev–Trinajstić information content (AvgIpc) is 2.97. The monoisotopic (exact) mass is 607 g/mol. The lowest BCUT2D eigenvalue weighted by atomic mass is 9.95. The molecule has 9 heteroatoms. The van der Waals surface area contributed by atoms with Crippen molar-refractivity contribution in [1.82, 2.24) is 10.2 Å². The number of halogens is 1. The van der Waals surface area contributed by atoms with Crippen molar-refractivity contribution in [3.8, 4) is 0 Å². The minimum Gasteiger partial charge on any atom is -0.352 e. The third kappa shape index (κ3) is 8.22. The Morgan fingerprint density at radius 1 is 0.884 bits per heavy atom. The van der Waals surface area contributed by atoms with Gasteiger partial charge in [-0.3, -0.25) is 13.9 Å². The van der Waals surface area contributed by atoms with Crippen molar-refractivity contribution in [3.05, 3.63) is 94.8 Å². The molecule has 3 aromatic carbocycles. The fourth-order valence-electron chi connectivity index (χ4n) is 5.71. The Bertz CT molecular complexity index is 1500. The lowest BCUT2D eigenvalue weighted by molar-refractivity contribution is -0.140. The second-order valence-electron chi connectivity index (χ2n) is 11.6. The van der Waals surface area contributed by atoms with Gasteiger partial charge in [0.25, 0.3) is 10.0 Å². The number of aryl methyl sites for hydroxylation is 3. The van der Waals surface area contributed by atoms with Crippen molar-refractivity contribution >= 4 is 27.5 Å². The molecule has 7 nitrogen and oxygen atoms in total. The summed E-state index contributed by atoms with van der Waals surface area (Å²) in [4.78, 5) is 29.4. The van der Waals surface area contributed by atoms with E-state index in [1.54, 1.807) is 36.4 Å². The number of nitrogens with one attached hydrogen (secondary N) is 1. The number of benzene rings is 3. The second-order valence-corrected chi connectivity index (χ2v) is 13.4. The van der Waals surface area contributed by atoms with E-state index >= 15 is 0 Å². The molecule has 0 aromatic heterocycles. The van der Waals surface area contributed by atoms with Crippen LogP contribution in [0.2, 0.25) is 0 Å². The first-order chi connectivity index (χ1) is 20.5. The fraction of sp³-hybridized carbons (Fsp3) is 0.412. The molecule has 2 amide bonds. The van der Waals surface area contributed by atoms with Crippen LogP contribution in [0.15, 0.2) is 71.6 Å². The van der Waals surface area contributed by atoms with Gasteiger partial charge >= 0.3 is 0 Å². The lowest BCUT2D eigenvalue weighted by Gasteiger charge is -2.34. The van der Waals surface area contributed by atoms with Gasteiger partial charge in [0.15, 0.2) is 0 Å². The first-order valence-corrected chi connectivity index (χ1v) is 16.4. The van der Waals surface area contributed by atoms with Crippen LogP contribution in [0, 0.1) is 26.6 Å². The van der Waals surface area contributed by atoms with Gasteiger partial charge in [0, 0.05) is 12.6 Å². The summed E-state index contributed by atoms with van der Waals surface area (Å²) in [5.41, 5.74) is 3.63. The molecule has 4 rings (SSSR count). The highest BCUT2D eigenvalue weighted by Crippen LogP contribution is 2.27. The van der Waals surface area contributed by atoms with Gasteiger partial charge in [0.05, 0.1) is 10.6 Å². The molecule has 1 N–H and O–H groups in total. The topological polar surface area (TPSA) is 86.8 Å². The average molecular weight is 608 g/mol. The van der Waals surface area contributed by atoms with E-state index in [0.29, 0.717) is 17.7 Å². The van der Waals surface area contributed by atoms with E-state index in [1.165, 1.54) is 29.2 Å². The lowest BCUT2D eigenvalue weighted by Crippen LogP contribution is -2.54. The van der Waals surface area contributed by atoms with Gasteiger partial charge in [-0.25, -0.2) is 12.8 Å². The predicted molar refractivity (Wildman–Crippen MR) is 168 cm³/mol. The number of sulfonamides is 1. The highest BCUT2D eigenvalue weighted by molar-refractivity contribution is 7.92. The van der Waals surface area contributed by atoms with E-state index in [0.717, 1.165) is 53.1 Å². The third-order valence-electron chi connectivity index (χ3n) is 7.99. The Morgan fingerprint density at radius 2 is 1.49 bits per heavy atom. The van der Waals surface area contributed by atoms with Gasteiger partial charge in [0.2, 0.25) is 11.8 Å². The maximum atomic E-state index is 14.3. The van der Waals surface area contributed by atoms with Crippen LogP contribution in [-0.2, 0) is 26.2 Å². The number of rotatable bonds is 11. The largest absolute Gasteiger partial charge is 0.352 e. The molecule has 1 saturated carbocycles. The van der Waals surface area contributed by atoms with Crippen molar-refractivity contribution in [2.24, 2.45) is 0 Å². The Balaban J connectivity index is 1.72. The molecule has 0 heterocycles. The van der Waals surface area contributed by atoms with Crippen LogP contribution in [0.5, 0.6) is 0 Å². The van der Waals surface area contributed by atoms with E-state index in [2.05, 4.69) is 5.32 Å². The number of hydrogen-bond donors (Lipinski definition) is 1. The molecule has 43 heavy (non-hydrogen) atoms. The van der Waals surface area contributed by atoms with Crippen molar-refractivity contribution < 1.29 is 22.4 Å². The molecule has 230 valence electrons. The molecule has 1 aliphatic rings. The smallest absolute Gasteiger partial charge is 0.264 e. The zero-order valence-electron chi connectivity index (χ0n) is 25.5. The van der Waals surface area contributed by atoms with Crippen LogP contribution < -0.4 is 9.62 Å². The van der Waals surface area contributed by atoms with Crippen molar-refractivity contribution in [2.75, 3.05) is 10.8 Å². The number of amides is 2. The van der Waals surface area contributed by atoms with Gasteiger partial charge in [-0.15, -0.1) is 0 Å². The molecular weight excluding hydrogens is 565 g/mol. The summed E-state index contributed by atoms with van der Waals surface area (Å²) in [5, 5.41) is 3.14. The minimum absolute atomic E-state index is 0.0287. The highest BCUT2D eigenvalue weighted by atomic mass is 32.2. The number of carbonyl (C=O) groups excluding carboxylic acids is 2. The summed E-state index contributed by atoms with van der Waals surface area (Å²) in [6, 6.07) is 16.9. The molecule has 0 spiro atoms. The normalized spacial score (nSPS) is 14.6. The van der Waals surface area contributed by atoms with Crippen molar-refractivity contribution in [2.45, 2.75) is 89.7 Å². The van der Waals surface area contributed by atoms with Gasteiger partial charge in [-0.1, -0.05) is 62.1 Å². The standard InChI is InChI=1S/C34H42FN3O4S/c1-5-32(34(40)36-29-9-7-6-8-10-29)37(22-27-13-15-28(35)16-14-27)33(39)23-38(30-20-25(3)19-26(4)21-30)43(41,42)31-17-11-24(2)12-18-31/h11-21,29,32H,5-10,22-23H2,1-4H3,(H,36,40)/t32-/m0/s1. The zero-order valence-corrected chi connectivity index (χ0v) is 26.3. The Kier molecular flexibility index (Phi) is 10.6. The van der Waals surface area contributed by atoms with Gasteiger partial charge in [0.1, 0.15) is 18.4 Å². The SMILES string of the molecule is CC[C@@H](C(=O)NC1CCCCC1)N(Cc1ccc(F)cc1)C(=O)CN(c1cc(C)cc(C)c1)S(=O)(=O)c1ccc(C)cc1. The van der Waals surface area contributed by atoms with Crippen LogP contribution in [-0.4, -0.2) is 43.8 Å². The molecule has 1 aliphatic carbocycles.